The zero-order valence-corrected chi connectivity index (χ0v) is 15.7. The van der Waals surface area contributed by atoms with E-state index in [0.717, 1.165) is 19.3 Å². The van der Waals surface area contributed by atoms with Gasteiger partial charge in [-0.1, -0.05) is 12.1 Å². The molecule has 8 nitrogen and oxygen atoms in total. The van der Waals surface area contributed by atoms with Gasteiger partial charge in [0.15, 0.2) is 6.10 Å². The Bertz CT molecular complexity index is 824. The van der Waals surface area contributed by atoms with Crippen molar-refractivity contribution >= 4 is 23.3 Å². The number of nitrogens with zero attached hydrogens (tertiary/aromatic N) is 1. The van der Waals surface area contributed by atoms with Crippen molar-refractivity contribution in [2.45, 2.75) is 57.2 Å². The number of nitro benzene ring substituents is 1. The standard InChI is InChI=1S/C20H24N2O6/c1-12(17(23)21-15-4-2-3-5-16(15)22(26)27)28-18(24)19-7-13-6-14(8-19)10-20(25,9-13)11-19/h2-5,12-14,25H,6-11H2,1H3,(H,21,23)/t12-,13-,14+,19?,20?/m1/s1. The van der Waals surface area contributed by atoms with Crippen LogP contribution in [0.1, 0.15) is 45.4 Å². The van der Waals surface area contributed by atoms with E-state index in [0.29, 0.717) is 31.1 Å². The molecule has 4 fully saturated rings. The lowest BCUT2D eigenvalue weighted by Gasteiger charge is -2.58. The van der Waals surface area contributed by atoms with Crippen molar-refractivity contribution in [2.24, 2.45) is 17.3 Å². The normalized spacial score (nSPS) is 33.9. The third kappa shape index (κ3) is 3.26. The summed E-state index contributed by atoms with van der Waals surface area (Å²) in [6.45, 7) is 1.46. The second kappa shape index (κ2) is 6.55. The molecule has 1 amide bonds. The Morgan fingerprint density at radius 3 is 2.50 bits per heavy atom. The van der Waals surface area contributed by atoms with Gasteiger partial charge in [0.05, 0.1) is 15.9 Å². The lowest BCUT2D eigenvalue weighted by atomic mass is 9.48. The summed E-state index contributed by atoms with van der Waals surface area (Å²) >= 11 is 0. The van der Waals surface area contributed by atoms with Gasteiger partial charge in [-0.25, -0.2) is 0 Å². The molecule has 4 aliphatic carbocycles. The second-order valence-corrected chi connectivity index (χ2v) is 8.78. The number of esters is 1. The van der Waals surface area contributed by atoms with E-state index in [1.807, 2.05) is 0 Å². The number of nitrogens with one attached hydrogen (secondary N) is 1. The van der Waals surface area contributed by atoms with E-state index in [4.69, 9.17) is 4.74 Å². The van der Waals surface area contributed by atoms with Gasteiger partial charge in [-0.15, -0.1) is 0 Å². The fraction of sp³-hybridized carbons (Fsp3) is 0.600. The van der Waals surface area contributed by atoms with Gasteiger partial charge < -0.3 is 15.2 Å². The summed E-state index contributed by atoms with van der Waals surface area (Å²) in [6.07, 6.45) is 3.23. The summed E-state index contributed by atoms with van der Waals surface area (Å²) in [5.41, 5.74) is -1.67. The predicted octanol–water partition coefficient (Wildman–Crippen LogP) is 2.80. The Morgan fingerprint density at radius 2 is 1.89 bits per heavy atom. The summed E-state index contributed by atoms with van der Waals surface area (Å²) in [7, 11) is 0. The van der Waals surface area contributed by atoms with E-state index in [2.05, 4.69) is 5.32 Å². The van der Waals surface area contributed by atoms with Crippen LogP contribution in [0.4, 0.5) is 11.4 Å². The third-order valence-electron chi connectivity index (χ3n) is 6.47. The Balaban J connectivity index is 1.44. The molecule has 4 saturated carbocycles. The number of carbonyl (C=O) groups is 2. The summed E-state index contributed by atoms with van der Waals surface area (Å²) in [5.74, 6) is -0.402. The highest BCUT2D eigenvalue weighted by atomic mass is 16.6. The minimum Gasteiger partial charge on any atom is -0.452 e. The van der Waals surface area contributed by atoms with Gasteiger partial charge in [0.2, 0.25) is 0 Å². The zero-order chi connectivity index (χ0) is 20.1. The minimum absolute atomic E-state index is 0.0597. The number of benzene rings is 1. The molecule has 150 valence electrons. The van der Waals surface area contributed by atoms with Gasteiger partial charge in [0, 0.05) is 6.07 Å². The molecule has 28 heavy (non-hydrogen) atoms. The van der Waals surface area contributed by atoms with Crippen LogP contribution in [-0.2, 0) is 14.3 Å². The molecular weight excluding hydrogens is 364 g/mol. The Kier molecular flexibility index (Phi) is 4.41. The molecule has 1 aromatic rings. The Hall–Kier alpha value is -2.48. The van der Waals surface area contributed by atoms with Crippen LogP contribution in [0.15, 0.2) is 24.3 Å². The van der Waals surface area contributed by atoms with E-state index in [9.17, 15) is 24.8 Å². The molecule has 0 radical (unpaired) electrons. The quantitative estimate of drug-likeness (QED) is 0.455. The van der Waals surface area contributed by atoms with Crippen LogP contribution in [-0.4, -0.2) is 33.6 Å². The smallest absolute Gasteiger partial charge is 0.312 e. The first kappa shape index (κ1) is 18.9. The molecule has 0 aliphatic heterocycles. The topological polar surface area (TPSA) is 119 Å². The van der Waals surface area contributed by atoms with E-state index in [1.54, 1.807) is 6.07 Å². The first-order valence-electron chi connectivity index (χ1n) is 9.67. The number of carbonyl (C=O) groups excluding carboxylic acids is 2. The highest BCUT2D eigenvalue weighted by molar-refractivity contribution is 5.97. The Labute approximate surface area is 162 Å². The number of hydrogen-bond acceptors (Lipinski definition) is 6. The van der Waals surface area contributed by atoms with Crippen molar-refractivity contribution in [2.75, 3.05) is 5.32 Å². The molecule has 5 rings (SSSR count). The van der Waals surface area contributed by atoms with E-state index in [-0.39, 0.29) is 11.4 Å². The van der Waals surface area contributed by atoms with Crippen molar-refractivity contribution in [3.63, 3.8) is 0 Å². The van der Waals surface area contributed by atoms with Gasteiger partial charge in [-0.3, -0.25) is 19.7 Å². The van der Waals surface area contributed by atoms with Crippen LogP contribution in [0, 0.1) is 27.4 Å². The average Bonchev–Trinajstić information content (AvgIpc) is 2.59. The molecule has 8 heteroatoms. The summed E-state index contributed by atoms with van der Waals surface area (Å²) in [6, 6.07) is 5.81. The second-order valence-electron chi connectivity index (χ2n) is 8.78. The van der Waals surface area contributed by atoms with Crippen molar-refractivity contribution in [3.05, 3.63) is 34.4 Å². The van der Waals surface area contributed by atoms with Gasteiger partial charge in [0.25, 0.3) is 11.6 Å². The van der Waals surface area contributed by atoms with Crippen LogP contribution >= 0.6 is 0 Å². The summed E-state index contributed by atoms with van der Waals surface area (Å²) in [5, 5.41) is 24.3. The number of nitro groups is 1. The van der Waals surface area contributed by atoms with Crippen LogP contribution in [0.2, 0.25) is 0 Å². The molecule has 2 unspecified atom stereocenters. The number of aliphatic hydroxyl groups is 1. The fourth-order valence-electron chi connectivity index (χ4n) is 5.76. The van der Waals surface area contributed by atoms with Gasteiger partial charge in [-0.05, 0) is 63.4 Å². The van der Waals surface area contributed by atoms with Crippen LogP contribution in [0.25, 0.3) is 0 Å². The maximum absolute atomic E-state index is 13.0. The first-order valence-corrected chi connectivity index (χ1v) is 9.67. The number of hydrogen-bond donors (Lipinski definition) is 2. The van der Waals surface area contributed by atoms with E-state index >= 15 is 0 Å². The maximum Gasteiger partial charge on any atom is 0.312 e. The fourth-order valence-corrected chi connectivity index (χ4v) is 5.76. The lowest BCUT2D eigenvalue weighted by Crippen LogP contribution is -2.59. The summed E-state index contributed by atoms with van der Waals surface area (Å²) in [4.78, 5) is 35.9. The maximum atomic E-state index is 13.0. The molecule has 4 bridgehead atoms. The SMILES string of the molecule is C[C@@H](OC(=O)C12C[C@@H]3C[C@@H](CC(O)(C3)C1)C2)C(=O)Nc1ccccc1[N+](=O)[O-]. The number of ether oxygens (including phenoxy) is 1. The molecule has 2 N–H and O–H groups in total. The number of anilines is 1. The van der Waals surface area contributed by atoms with Gasteiger partial charge >= 0.3 is 5.97 Å². The highest BCUT2D eigenvalue weighted by Gasteiger charge is 2.61. The molecule has 0 aromatic heterocycles. The van der Waals surface area contributed by atoms with Crippen molar-refractivity contribution in [1.82, 2.24) is 0 Å². The first-order chi connectivity index (χ1) is 13.2. The largest absolute Gasteiger partial charge is 0.452 e. The van der Waals surface area contributed by atoms with Crippen molar-refractivity contribution in [3.8, 4) is 0 Å². The van der Waals surface area contributed by atoms with Crippen LogP contribution in [0.3, 0.4) is 0 Å². The molecule has 0 heterocycles. The zero-order valence-electron chi connectivity index (χ0n) is 15.7. The molecule has 0 spiro atoms. The molecule has 4 aliphatic rings. The van der Waals surface area contributed by atoms with E-state index < -0.39 is 33.9 Å². The molecule has 1 aromatic carbocycles. The van der Waals surface area contributed by atoms with Gasteiger partial charge in [-0.2, -0.15) is 0 Å². The highest BCUT2D eigenvalue weighted by Crippen LogP contribution is 2.62. The van der Waals surface area contributed by atoms with Crippen LogP contribution in [0.5, 0.6) is 0 Å². The Morgan fingerprint density at radius 1 is 1.25 bits per heavy atom. The number of amides is 1. The van der Waals surface area contributed by atoms with E-state index in [1.165, 1.54) is 25.1 Å². The van der Waals surface area contributed by atoms with Crippen LogP contribution < -0.4 is 5.32 Å². The monoisotopic (exact) mass is 388 g/mol. The average molecular weight is 388 g/mol. The van der Waals surface area contributed by atoms with Crippen molar-refractivity contribution in [1.29, 1.82) is 0 Å². The molecular formula is C20H24N2O6. The van der Waals surface area contributed by atoms with Gasteiger partial charge in [0.1, 0.15) is 5.69 Å². The molecule has 0 saturated heterocycles. The summed E-state index contributed by atoms with van der Waals surface area (Å²) < 4.78 is 5.48. The third-order valence-corrected chi connectivity index (χ3v) is 6.47. The number of para-hydroxylation sites is 2. The molecule has 5 atom stereocenters. The predicted molar refractivity (Wildman–Crippen MR) is 99.3 cm³/mol. The van der Waals surface area contributed by atoms with Crippen molar-refractivity contribution < 1.29 is 24.4 Å². The lowest BCUT2D eigenvalue weighted by molar-refractivity contribution is -0.383. The minimum atomic E-state index is -1.09. The number of rotatable bonds is 5.